The number of benzene rings is 1. The number of hydrogen-bond donors (Lipinski definition) is 2. The highest BCUT2D eigenvalue weighted by atomic mass is 19.1. The molecule has 0 saturated heterocycles. The molecule has 0 atom stereocenters. The lowest BCUT2D eigenvalue weighted by molar-refractivity contribution is 0.160. The van der Waals surface area contributed by atoms with Crippen molar-refractivity contribution in [1.29, 1.82) is 0 Å². The topological polar surface area (TPSA) is 50.7 Å². The molecule has 0 aliphatic carbocycles. The normalized spacial score (nSPS) is 11.4. The number of hydroxylamine groups is 1. The van der Waals surface area contributed by atoms with Gasteiger partial charge in [0, 0.05) is 17.7 Å². The second-order valence-electron chi connectivity index (χ2n) is 4.17. The van der Waals surface area contributed by atoms with Gasteiger partial charge in [-0.25, -0.2) is 9.87 Å². The zero-order valence-electron chi connectivity index (χ0n) is 10.5. The zero-order valence-corrected chi connectivity index (χ0v) is 10.5. The van der Waals surface area contributed by atoms with Gasteiger partial charge in [0.05, 0.1) is 14.2 Å². The fourth-order valence-corrected chi connectivity index (χ4v) is 1.65. The molecule has 17 heavy (non-hydrogen) atoms. The molecule has 0 radical (unpaired) electrons. The lowest BCUT2D eigenvalue weighted by Crippen LogP contribution is -2.14. The monoisotopic (exact) mass is 243 g/mol. The third-order valence-corrected chi connectivity index (χ3v) is 2.51. The fourth-order valence-electron chi connectivity index (χ4n) is 1.65. The van der Waals surface area contributed by atoms with Crippen molar-refractivity contribution in [2.45, 2.75) is 26.1 Å². The second-order valence-corrected chi connectivity index (χ2v) is 4.17. The van der Waals surface area contributed by atoms with Gasteiger partial charge in [-0.3, -0.25) is 0 Å². The predicted molar refractivity (Wildman–Crippen MR) is 62.3 cm³/mol. The van der Waals surface area contributed by atoms with E-state index in [9.17, 15) is 4.39 Å². The van der Waals surface area contributed by atoms with Gasteiger partial charge in [-0.1, -0.05) is 0 Å². The van der Waals surface area contributed by atoms with Crippen LogP contribution in [-0.4, -0.2) is 19.4 Å². The molecule has 0 amide bonds. The van der Waals surface area contributed by atoms with Crippen LogP contribution in [0.25, 0.3) is 0 Å². The molecule has 1 rings (SSSR count). The summed E-state index contributed by atoms with van der Waals surface area (Å²) in [6.45, 7) is 3.11. The largest absolute Gasteiger partial charge is 0.496 e. The van der Waals surface area contributed by atoms with Gasteiger partial charge in [0.25, 0.3) is 0 Å². The summed E-state index contributed by atoms with van der Waals surface area (Å²) in [6, 6.07) is 3.24. The first-order valence-corrected chi connectivity index (χ1v) is 5.25. The Hall–Kier alpha value is -1.33. The standard InChI is InChI=1S/C12H18FNO3/c1-12(2,13)9-6-10(16-3)8(7-14-15)5-11(9)17-4/h5-6,14-15H,7H2,1-4H3. The van der Waals surface area contributed by atoms with Crippen LogP contribution in [0.5, 0.6) is 11.5 Å². The maximum atomic E-state index is 14.0. The average molecular weight is 243 g/mol. The summed E-state index contributed by atoms with van der Waals surface area (Å²) in [6.07, 6.45) is 0. The van der Waals surface area contributed by atoms with Crippen LogP contribution in [0.1, 0.15) is 25.0 Å². The summed E-state index contributed by atoms with van der Waals surface area (Å²) < 4.78 is 24.3. The van der Waals surface area contributed by atoms with E-state index in [0.717, 1.165) is 0 Å². The van der Waals surface area contributed by atoms with Gasteiger partial charge in [-0.2, -0.15) is 0 Å². The summed E-state index contributed by atoms with van der Waals surface area (Å²) in [5, 5.41) is 8.71. The van der Waals surface area contributed by atoms with E-state index in [-0.39, 0.29) is 6.54 Å². The van der Waals surface area contributed by atoms with E-state index in [4.69, 9.17) is 14.7 Å². The molecule has 0 spiro atoms. The molecule has 96 valence electrons. The fraction of sp³-hybridized carbons (Fsp3) is 0.500. The van der Waals surface area contributed by atoms with Crippen molar-refractivity contribution in [2.24, 2.45) is 0 Å². The lowest BCUT2D eigenvalue weighted by Gasteiger charge is -2.21. The van der Waals surface area contributed by atoms with Crippen LogP contribution in [0.2, 0.25) is 0 Å². The van der Waals surface area contributed by atoms with Gasteiger partial charge in [0.1, 0.15) is 17.2 Å². The predicted octanol–water partition coefficient (Wildman–Crippen LogP) is 2.39. The Balaban J connectivity index is 3.33. The van der Waals surface area contributed by atoms with Gasteiger partial charge in [-0.15, -0.1) is 0 Å². The number of methoxy groups -OCH3 is 2. The quantitative estimate of drug-likeness (QED) is 0.780. The minimum atomic E-state index is -1.52. The smallest absolute Gasteiger partial charge is 0.134 e. The molecule has 0 heterocycles. The zero-order chi connectivity index (χ0) is 13.1. The summed E-state index contributed by atoms with van der Waals surface area (Å²) in [7, 11) is 2.98. The molecule has 4 nitrogen and oxygen atoms in total. The van der Waals surface area contributed by atoms with Gasteiger partial charge < -0.3 is 14.7 Å². The SMILES string of the molecule is COc1cc(C(C)(C)F)c(OC)cc1CNO. The van der Waals surface area contributed by atoms with E-state index in [1.54, 1.807) is 12.1 Å². The van der Waals surface area contributed by atoms with E-state index in [2.05, 4.69) is 0 Å². The minimum Gasteiger partial charge on any atom is -0.496 e. The third kappa shape index (κ3) is 3.08. The Kier molecular flexibility index (Phi) is 4.31. The minimum absolute atomic E-state index is 0.201. The summed E-state index contributed by atoms with van der Waals surface area (Å²) >= 11 is 0. The number of halogens is 1. The molecular formula is C12H18FNO3. The molecule has 0 aliphatic heterocycles. The Morgan fingerprint density at radius 3 is 2.24 bits per heavy atom. The van der Waals surface area contributed by atoms with Gasteiger partial charge in [0.2, 0.25) is 0 Å². The molecule has 5 heteroatoms. The van der Waals surface area contributed by atoms with Crippen molar-refractivity contribution in [1.82, 2.24) is 5.48 Å². The molecule has 0 saturated carbocycles. The second kappa shape index (κ2) is 5.33. The highest BCUT2D eigenvalue weighted by molar-refractivity contribution is 5.48. The Morgan fingerprint density at radius 1 is 1.24 bits per heavy atom. The van der Waals surface area contributed by atoms with Gasteiger partial charge >= 0.3 is 0 Å². The maximum absolute atomic E-state index is 14.0. The van der Waals surface area contributed by atoms with Crippen LogP contribution in [-0.2, 0) is 12.2 Å². The summed E-state index contributed by atoms with van der Waals surface area (Å²) in [5.74, 6) is 0.941. The maximum Gasteiger partial charge on any atom is 0.134 e. The van der Waals surface area contributed by atoms with E-state index in [1.807, 2.05) is 5.48 Å². The molecule has 0 unspecified atom stereocenters. The number of ether oxygens (including phenoxy) is 2. The Bertz CT molecular complexity index is 388. The Labute approximate surface area is 100 Å². The first-order chi connectivity index (χ1) is 7.93. The van der Waals surface area contributed by atoms with Gasteiger partial charge in [-0.05, 0) is 26.0 Å². The van der Waals surface area contributed by atoms with Crippen molar-refractivity contribution < 1.29 is 19.1 Å². The van der Waals surface area contributed by atoms with Crippen LogP contribution in [0.4, 0.5) is 4.39 Å². The van der Waals surface area contributed by atoms with E-state index < -0.39 is 5.67 Å². The Morgan fingerprint density at radius 2 is 1.82 bits per heavy atom. The molecule has 0 aliphatic rings. The first kappa shape index (κ1) is 13.7. The molecule has 0 bridgehead atoms. The summed E-state index contributed by atoms with van der Waals surface area (Å²) in [5.41, 5.74) is 1.62. The van der Waals surface area contributed by atoms with Crippen LogP contribution >= 0.6 is 0 Å². The van der Waals surface area contributed by atoms with Crippen LogP contribution < -0.4 is 15.0 Å². The molecule has 1 aromatic carbocycles. The van der Waals surface area contributed by atoms with Crippen molar-refractivity contribution in [3.8, 4) is 11.5 Å². The van der Waals surface area contributed by atoms with E-state index in [0.29, 0.717) is 22.6 Å². The summed E-state index contributed by atoms with van der Waals surface area (Å²) in [4.78, 5) is 0. The van der Waals surface area contributed by atoms with Crippen LogP contribution in [0, 0.1) is 0 Å². The van der Waals surface area contributed by atoms with Gasteiger partial charge in [0.15, 0.2) is 0 Å². The van der Waals surface area contributed by atoms with Crippen LogP contribution in [0.15, 0.2) is 12.1 Å². The van der Waals surface area contributed by atoms with Crippen LogP contribution in [0.3, 0.4) is 0 Å². The highest BCUT2D eigenvalue weighted by Crippen LogP contribution is 2.37. The first-order valence-electron chi connectivity index (χ1n) is 5.25. The molecule has 0 fully saturated rings. The van der Waals surface area contributed by atoms with E-state index >= 15 is 0 Å². The van der Waals surface area contributed by atoms with Crippen molar-refractivity contribution in [3.05, 3.63) is 23.3 Å². The third-order valence-electron chi connectivity index (χ3n) is 2.51. The average Bonchev–Trinajstić information content (AvgIpc) is 2.27. The van der Waals surface area contributed by atoms with E-state index in [1.165, 1.54) is 28.1 Å². The molecule has 2 N–H and O–H groups in total. The molecule has 0 aromatic heterocycles. The van der Waals surface area contributed by atoms with Crippen molar-refractivity contribution in [2.75, 3.05) is 14.2 Å². The molecule has 1 aromatic rings. The number of rotatable bonds is 5. The number of nitrogens with one attached hydrogen (secondary N) is 1. The number of hydrogen-bond acceptors (Lipinski definition) is 4. The molecular weight excluding hydrogens is 225 g/mol. The van der Waals surface area contributed by atoms with Crippen molar-refractivity contribution in [3.63, 3.8) is 0 Å². The van der Waals surface area contributed by atoms with Crippen molar-refractivity contribution >= 4 is 0 Å². The highest BCUT2D eigenvalue weighted by Gasteiger charge is 2.25. The number of alkyl halides is 1. The lowest BCUT2D eigenvalue weighted by atomic mass is 9.96.